The van der Waals surface area contributed by atoms with E-state index < -0.39 is 0 Å². The predicted octanol–water partition coefficient (Wildman–Crippen LogP) is 13.5. The van der Waals surface area contributed by atoms with E-state index >= 15 is 0 Å². The van der Waals surface area contributed by atoms with Crippen molar-refractivity contribution in [3.05, 3.63) is 216 Å². The maximum absolute atomic E-state index is 7.59. The first kappa shape index (κ1) is 29.9. The summed E-state index contributed by atoms with van der Waals surface area (Å²) < 4.78 is 2.40. The van der Waals surface area contributed by atoms with Gasteiger partial charge in [0.1, 0.15) is 0 Å². The molecule has 2 nitrogen and oxygen atoms in total. The molecule has 0 radical (unpaired) electrons. The minimum atomic E-state index is 0.107. The number of para-hydroxylation sites is 1. The number of fused-ring (bicyclic) bond motifs is 6. The summed E-state index contributed by atoms with van der Waals surface area (Å²) in [4.78, 5) is 3.72. The monoisotopic (exact) mass is 660 g/mol. The van der Waals surface area contributed by atoms with Gasteiger partial charge in [-0.25, -0.2) is 4.85 Å². The highest BCUT2D eigenvalue weighted by molar-refractivity contribution is 6.11. The molecule has 0 fully saturated rings. The lowest BCUT2D eigenvalue weighted by atomic mass is 9.88. The number of hydrogen-bond acceptors (Lipinski definition) is 0. The van der Waals surface area contributed by atoms with Gasteiger partial charge in [0.15, 0.2) is 5.69 Å². The lowest BCUT2D eigenvalue weighted by Gasteiger charge is -2.15. The van der Waals surface area contributed by atoms with Crippen LogP contribution in [0.15, 0.2) is 188 Å². The Labute approximate surface area is 303 Å². The van der Waals surface area contributed by atoms with Crippen LogP contribution in [0.2, 0.25) is 0 Å². The zero-order valence-corrected chi connectivity index (χ0v) is 28.4. The minimum absolute atomic E-state index is 0.107. The molecule has 0 spiro atoms. The van der Waals surface area contributed by atoms with Crippen molar-refractivity contribution in [1.29, 1.82) is 0 Å². The third kappa shape index (κ3) is 4.87. The molecule has 8 aromatic carbocycles. The van der Waals surface area contributed by atoms with Crippen LogP contribution in [0.5, 0.6) is 0 Å². The van der Waals surface area contributed by atoms with Crippen molar-refractivity contribution in [2.75, 3.05) is 0 Å². The van der Waals surface area contributed by atoms with Gasteiger partial charge < -0.3 is 4.57 Å². The molecule has 1 heterocycles. The van der Waals surface area contributed by atoms with Gasteiger partial charge in [-0.05, 0) is 104 Å². The molecule has 1 aromatic heterocycles. The van der Waals surface area contributed by atoms with Gasteiger partial charge in [-0.1, -0.05) is 146 Å². The van der Waals surface area contributed by atoms with E-state index in [9.17, 15) is 0 Å². The Hall–Kier alpha value is -6.95. The van der Waals surface area contributed by atoms with Gasteiger partial charge in [-0.2, -0.15) is 0 Å². The molecule has 1 atom stereocenters. The van der Waals surface area contributed by atoms with E-state index in [2.05, 4.69) is 179 Å². The van der Waals surface area contributed by atoms with Crippen molar-refractivity contribution in [3.8, 4) is 50.2 Å². The topological polar surface area (TPSA) is 9.29 Å². The zero-order valence-electron chi connectivity index (χ0n) is 28.4. The van der Waals surface area contributed by atoms with Crippen molar-refractivity contribution in [3.63, 3.8) is 0 Å². The van der Waals surface area contributed by atoms with Gasteiger partial charge in [-0.15, -0.1) is 0 Å². The molecule has 1 aliphatic rings. The molecule has 0 saturated heterocycles. The smallest absolute Gasteiger partial charge is 0.187 e. The molecule has 0 amide bonds. The first-order chi connectivity index (χ1) is 25.7. The van der Waals surface area contributed by atoms with Crippen LogP contribution in [0.4, 0.5) is 5.69 Å². The third-order valence-corrected chi connectivity index (χ3v) is 10.7. The Morgan fingerprint density at radius 2 is 1.04 bits per heavy atom. The van der Waals surface area contributed by atoms with Crippen LogP contribution in [0.3, 0.4) is 0 Å². The van der Waals surface area contributed by atoms with Crippen LogP contribution in [-0.4, -0.2) is 4.57 Å². The summed E-state index contributed by atoms with van der Waals surface area (Å²) in [6.45, 7) is 7.59. The van der Waals surface area contributed by atoms with Crippen LogP contribution in [0, 0.1) is 6.57 Å². The summed E-state index contributed by atoms with van der Waals surface area (Å²) >= 11 is 0. The first-order valence-electron chi connectivity index (χ1n) is 17.7. The number of benzene rings is 8. The molecule has 2 heteroatoms. The largest absolute Gasteiger partial charge is 0.309 e. The lowest BCUT2D eigenvalue weighted by molar-refractivity contribution is 1.02. The third-order valence-electron chi connectivity index (χ3n) is 10.7. The molecule has 52 heavy (non-hydrogen) atoms. The van der Waals surface area contributed by atoms with Crippen molar-refractivity contribution in [1.82, 2.24) is 4.57 Å². The summed E-state index contributed by atoms with van der Waals surface area (Å²) in [5.41, 5.74) is 17.7. The van der Waals surface area contributed by atoms with E-state index in [1.165, 1.54) is 77.4 Å². The Kier molecular flexibility index (Phi) is 6.98. The van der Waals surface area contributed by atoms with E-state index in [1.807, 2.05) is 18.2 Å². The van der Waals surface area contributed by atoms with Crippen LogP contribution in [0.25, 0.3) is 76.8 Å². The second-order valence-corrected chi connectivity index (χ2v) is 13.6. The van der Waals surface area contributed by atoms with Crippen LogP contribution < -0.4 is 0 Å². The molecule has 1 aliphatic carbocycles. The van der Waals surface area contributed by atoms with E-state index in [1.54, 1.807) is 0 Å². The highest BCUT2D eigenvalue weighted by Gasteiger charge is 2.30. The van der Waals surface area contributed by atoms with Gasteiger partial charge in [0.05, 0.1) is 17.6 Å². The molecule has 9 aromatic rings. The molecule has 1 unspecified atom stereocenters. The average Bonchev–Trinajstić information content (AvgIpc) is 3.73. The van der Waals surface area contributed by atoms with Crippen LogP contribution in [-0.2, 0) is 0 Å². The molecular formula is C50H32N2. The standard InChI is InChI=1S/C50H32N2/c1-51-40-17-11-16-39(29-40)50-44-21-9-8-20-42(44)46-30-36(23-26-45(46)50)37-24-27-48-47(31-37)43-25-22-38(32-49(43)52(48)41-18-6-3-7-19-41)35-15-10-14-34(28-35)33-12-4-2-5-13-33/h2-32,50H. The summed E-state index contributed by atoms with van der Waals surface area (Å²) in [6, 6.07) is 67.7. The number of hydrogen-bond donors (Lipinski definition) is 0. The van der Waals surface area contributed by atoms with Gasteiger partial charge in [0, 0.05) is 22.4 Å². The average molecular weight is 661 g/mol. The Morgan fingerprint density at radius 1 is 0.404 bits per heavy atom. The summed E-state index contributed by atoms with van der Waals surface area (Å²) in [7, 11) is 0. The van der Waals surface area contributed by atoms with Crippen LogP contribution in [0.1, 0.15) is 22.6 Å². The maximum atomic E-state index is 7.59. The fraction of sp³-hybridized carbons (Fsp3) is 0.0200. The number of aromatic nitrogens is 1. The Bertz CT molecular complexity index is 2850. The molecule has 242 valence electrons. The fourth-order valence-electron chi connectivity index (χ4n) is 8.26. The SMILES string of the molecule is [C-]#[N+]c1cccc(C2c3ccccc3-c3cc(-c4ccc5c(c4)c4ccc(-c6cccc(-c7ccccc7)c6)cc4n5-c4ccccc4)ccc32)c1. The first-order valence-corrected chi connectivity index (χ1v) is 17.7. The summed E-state index contributed by atoms with van der Waals surface area (Å²) in [5, 5.41) is 2.46. The van der Waals surface area contributed by atoms with Crippen molar-refractivity contribution in [2.24, 2.45) is 0 Å². The zero-order chi connectivity index (χ0) is 34.6. The second kappa shape index (κ2) is 12.1. The van der Waals surface area contributed by atoms with E-state index in [-0.39, 0.29) is 5.92 Å². The summed E-state index contributed by atoms with van der Waals surface area (Å²) in [6.07, 6.45) is 0. The molecule has 0 saturated carbocycles. The molecule has 0 aliphatic heterocycles. The molecular weight excluding hydrogens is 629 g/mol. The molecule has 0 bridgehead atoms. The molecule has 10 rings (SSSR count). The van der Waals surface area contributed by atoms with E-state index in [0.717, 1.165) is 11.3 Å². The van der Waals surface area contributed by atoms with Gasteiger partial charge in [-0.3, -0.25) is 0 Å². The van der Waals surface area contributed by atoms with Crippen molar-refractivity contribution in [2.45, 2.75) is 5.92 Å². The van der Waals surface area contributed by atoms with Crippen LogP contribution >= 0.6 is 0 Å². The minimum Gasteiger partial charge on any atom is -0.309 e. The van der Waals surface area contributed by atoms with Gasteiger partial charge >= 0.3 is 0 Å². The van der Waals surface area contributed by atoms with E-state index in [0.29, 0.717) is 5.69 Å². The van der Waals surface area contributed by atoms with Gasteiger partial charge in [0.25, 0.3) is 0 Å². The fourth-order valence-corrected chi connectivity index (χ4v) is 8.26. The number of nitrogens with zero attached hydrogens (tertiary/aromatic N) is 2. The maximum Gasteiger partial charge on any atom is 0.187 e. The van der Waals surface area contributed by atoms with Crippen molar-refractivity contribution < 1.29 is 0 Å². The lowest BCUT2D eigenvalue weighted by Crippen LogP contribution is -1.98. The highest BCUT2D eigenvalue weighted by atomic mass is 15.0. The number of rotatable bonds is 5. The Balaban J connectivity index is 1.12. The van der Waals surface area contributed by atoms with Gasteiger partial charge in [0.2, 0.25) is 0 Å². The highest BCUT2D eigenvalue weighted by Crippen LogP contribution is 2.49. The molecule has 0 N–H and O–H groups in total. The second-order valence-electron chi connectivity index (χ2n) is 13.6. The summed E-state index contributed by atoms with van der Waals surface area (Å²) in [5.74, 6) is 0.107. The van der Waals surface area contributed by atoms with E-state index in [4.69, 9.17) is 6.57 Å². The Morgan fingerprint density at radius 3 is 1.88 bits per heavy atom. The quantitative estimate of drug-likeness (QED) is 0.163. The normalized spacial score (nSPS) is 13.2. The van der Waals surface area contributed by atoms with Crippen molar-refractivity contribution >= 4 is 27.5 Å². The predicted molar refractivity (Wildman–Crippen MR) is 216 cm³/mol.